The molecule has 0 aromatic heterocycles. The Morgan fingerprint density at radius 3 is 1.21 bits per heavy atom. The third-order valence-corrected chi connectivity index (χ3v) is 14.4. The van der Waals surface area contributed by atoms with Crippen molar-refractivity contribution < 1.29 is 32.9 Å². The van der Waals surface area contributed by atoms with Crippen LogP contribution in [-0.2, 0) is 18.4 Å². The third kappa shape index (κ3) is 55.7. The molecule has 0 saturated heterocycles. The van der Waals surface area contributed by atoms with Crippen LogP contribution in [0.3, 0.4) is 0 Å². The molecule has 0 rings (SSSR count). The van der Waals surface area contributed by atoms with Gasteiger partial charge in [-0.1, -0.05) is 254 Å². The maximum Gasteiger partial charge on any atom is 0.472 e. The highest BCUT2D eigenvalue weighted by Gasteiger charge is 2.27. The van der Waals surface area contributed by atoms with Gasteiger partial charge in [-0.05, 0) is 83.5 Å². The van der Waals surface area contributed by atoms with Crippen molar-refractivity contribution in [3.63, 3.8) is 0 Å². The van der Waals surface area contributed by atoms with Crippen molar-refractivity contribution in [3.8, 4) is 0 Å². The molecule has 420 valence electrons. The molecule has 0 saturated carbocycles. The average molecular weight is 1030 g/mol. The van der Waals surface area contributed by atoms with Crippen LogP contribution < -0.4 is 5.32 Å². The first-order valence-corrected chi connectivity index (χ1v) is 31.8. The zero-order valence-corrected chi connectivity index (χ0v) is 48.8. The van der Waals surface area contributed by atoms with E-state index in [4.69, 9.17) is 9.05 Å². The molecule has 0 aliphatic carbocycles. The number of amides is 1. The molecule has 0 aliphatic heterocycles. The maximum absolute atomic E-state index is 13.0. The maximum atomic E-state index is 13.0. The average Bonchev–Trinajstić information content (AvgIpc) is 3.34. The molecular formula is C63H118N2O6P+. The standard InChI is InChI=1S/C63H117N2O6P/c1-6-8-10-12-14-16-18-20-22-24-26-28-30-32-34-36-38-40-42-44-46-48-50-52-54-56-62(66)61(60-71-72(68,69)70-59-58-65(3,4)5)64-63(67)57-55-53-51-49-47-45-43-41-39-37-35-33-31-29-27-25-23-21-19-17-15-13-11-9-7-2/h19,21,25,27,31,33,38,40,46,48,54,56,61-62,66H,6-18,20,22-24,26,28-30,32,34-37,39,41-45,47,49-53,55,57-60H2,1-5H3,(H-,64,67,68,69)/p+1/b21-19-,27-25-,33-31-,40-38+,48-46+,56-54+. The molecule has 0 aromatic carbocycles. The second-order valence-electron chi connectivity index (χ2n) is 21.7. The number of likely N-dealkylation sites (N-methyl/N-ethyl adjacent to an activating group) is 1. The summed E-state index contributed by atoms with van der Waals surface area (Å²) in [6.07, 6.45) is 74.4. The quantitative estimate of drug-likeness (QED) is 0.0243. The molecule has 0 fully saturated rings. The minimum Gasteiger partial charge on any atom is -0.387 e. The monoisotopic (exact) mass is 1030 g/mol. The molecule has 1 amide bonds. The lowest BCUT2D eigenvalue weighted by Gasteiger charge is -2.25. The third-order valence-electron chi connectivity index (χ3n) is 13.4. The van der Waals surface area contributed by atoms with E-state index in [1.54, 1.807) is 6.08 Å². The van der Waals surface area contributed by atoms with E-state index in [2.05, 4.69) is 79.9 Å². The highest BCUT2D eigenvalue weighted by atomic mass is 31.2. The highest BCUT2D eigenvalue weighted by molar-refractivity contribution is 7.47. The van der Waals surface area contributed by atoms with Gasteiger partial charge in [-0.25, -0.2) is 4.57 Å². The van der Waals surface area contributed by atoms with Crippen molar-refractivity contribution in [2.75, 3.05) is 40.9 Å². The van der Waals surface area contributed by atoms with Gasteiger partial charge < -0.3 is 19.8 Å². The van der Waals surface area contributed by atoms with Gasteiger partial charge in [0.1, 0.15) is 13.2 Å². The predicted octanol–water partition coefficient (Wildman–Crippen LogP) is 18.7. The number of phosphoric ester groups is 1. The normalized spacial score (nSPS) is 14.4. The fourth-order valence-electron chi connectivity index (χ4n) is 8.61. The Morgan fingerprint density at radius 1 is 0.472 bits per heavy atom. The van der Waals surface area contributed by atoms with Crippen LogP contribution in [-0.4, -0.2) is 73.4 Å². The van der Waals surface area contributed by atoms with E-state index in [9.17, 15) is 19.4 Å². The summed E-state index contributed by atoms with van der Waals surface area (Å²) in [6, 6.07) is -0.877. The van der Waals surface area contributed by atoms with Crippen LogP contribution in [0.5, 0.6) is 0 Å². The Labute approximate surface area is 446 Å². The number of aliphatic hydroxyl groups excluding tert-OH is 1. The number of nitrogens with zero attached hydrogens (tertiary/aromatic N) is 1. The molecule has 0 aliphatic rings. The number of quaternary nitrogens is 1. The van der Waals surface area contributed by atoms with Gasteiger partial charge >= 0.3 is 7.82 Å². The van der Waals surface area contributed by atoms with Gasteiger partial charge in [0.05, 0.1) is 39.9 Å². The highest BCUT2D eigenvalue weighted by Crippen LogP contribution is 2.43. The predicted molar refractivity (Wildman–Crippen MR) is 313 cm³/mol. The van der Waals surface area contributed by atoms with Gasteiger partial charge in [0.25, 0.3) is 0 Å². The Balaban J connectivity index is 4.28. The molecule has 3 N–H and O–H groups in total. The van der Waals surface area contributed by atoms with Crippen LogP contribution in [0.2, 0.25) is 0 Å². The lowest BCUT2D eigenvalue weighted by molar-refractivity contribution is -0.870. The number of carbonyl (C=O) groups is 1. The van der Waals surface area contributed by atoms with E-state index in [0.29, 0.717) is 17.4 Å². The van der Waals surface area contributed by atoms with Crippen molar-refractivity contribution in [2.24, 2.45) is 0 Å². The second-order valence-corrected chi connectivity index (χ2v) is 23.2. The van der Waals surface area contributed by atoms with Crippen molar-refractivity contribution in [3.05, 3.63) is 72.9 Å². The number of phosphoric acid groups is 1. The van der Waals surface area contributed by atoms with Crippen LogP contribution in [0.1, 0.15) is 271 Å². The van der Waals surface area contributed by atoms with E-state index in [1.807, 2.05) is 27.2 Å². The molecule has 0 bridgehead atoms. The van der Waals surface area contributed by atoms with Crippen LogP contribution in [0.15, 0.2) is 72.9 Å². The number of rotatable bonds is 55. The molecule has 3 atom stereocenters. The van der Waals surface area contributed by atoms with Crippen molar-refractivity contribution >= 4 is 13.7 Å². The van der Waals surface area contributed by atoms with Gasteiger partial charge in [-0.15, -0.1) is 0 Å². The second kappa shape index (κ2) is 53.8. The SMILES string of the molecule is CCCCCCC/C=C\C/C=C\C/C=C\CCCCCCCCCCCCC(=O)NC(COP(=O)(O)OCC[N+](C)(C)C)C(O)/C=C/CC/C=C/CC/C=C/CCCCCCCCCCCCCCCCC. The van der Waals surface area contributed by atoms with Gasteiger partial charge in [-0.2, -0.15) is 0 Å². The Morgan fingerprint density at radius 2 is 0.806 bits per heavy atom. The molecule has 0 spiro atoms. The van der Waals surface area contributed by atoms with Gasteiger partial charge in [0.2, 0.25) is 5.91 Å². The minimum absolute atomic E-state index is 0.0501. The van der Waals surface area contributed by atoms with Gasteiger partial charge in [0, 0.05) is 6.42 Å². The summed E-state index contributed by atoms with van der Waals surface area (Å²) in [5.41, 5.74) is 0. The first kappa shape index (κ1) is 69.9. The van der Waals surface area contributed by atoms with E-state index < -0.39 is 20.0 Å². The number of aliphatic hydroxyl groups is 1. The van der Waals surface area contributed by atoms with Crippen LogP contribution in [0, 0.1) is 0 Å². The van der Waals surface area contributed by atoms with Crippen LogP contribution in [0.25, 0.3) is 0 Å². The number of unbranched alkanes of at least 4 members (excludes halogenated alkanes) is 32. The molecule has 0 aromatic rings. The molecule has 8 nitrogen and oxygen atoms in total. The number of carbonyl (C=O) groups excluding carboxylic acids is 1. The van der Waals surface area contributed by atoms with Crippen LogP contribution in [0.4, 0.5) is 0 Å². The Hall–Kier alpha value is -2.06. The zero-order chi connectivity index (χ0) is 52.7. The first-order valence-electron chi connectivity index (χ1n) is 30.3. The molecule has 72 heavy (non-hydrogen) atoms. The van der Waals surface area contributed by atoms with Crippen molar-refractivity contribution in [1.29, 1.82) is 0 Å². The van der Waals surface area contributed by atoms with Gasteiger partial charge in [0.15, 0.2) is 0 Å². The number of hydrogen-bond donors (Lipinski definition) is 3. The topological polar surface area (TPSA) is 105 Å². The number of allylic oxidation sites excluding steroid dienone is 11. The molecule has 0 heterocycles. The molecular weight excluding hydrogens is 912 g/mol. The summed E-state index contributed by atoms with van der Waals surface area (Å²) < 4.78 is 23.7. The largest absolute Gasteiger partial charge is 0.472 e. The summed E-state index contributed by atoms with van der Waals surface area (Å²) in [5.74, 6) is -0.195. The lowest BCUT2D eigenvalue weighted by atomic mass is 10.0. The fraction of sp³-hybridized carbons (Fsp3) is 0.794. The van der Waals surface area contributed by atoms with E-state index in [1.165, 1.54) is 193 Å². The minimum atomic E-state index is -4.37. The Kier molecular flexibility index (Phi) is 52.2. The molecule has 0 radical (unpaired) electrons. The zero-order valence-electron chi connectivity index (χ0n) is 47.9. The number of hydrogen-bond acceptors (Lipinski definition) is 5. The Bertz CT molecular complexity index is 1400. The van der Waals surface area contributed by atoms with E-state index in [-0.39, 0.29) is 19.1 Å². The first-order chi connectivity index (χ1) is 35.0. The lowest BCUT2D eigenvalue weighted by Crippen LogP contribution is -2.45. The molecule has 9 heteroatoms. The van der Waals surface area contributed by atoms with Gasteiger partial charge in [-0.3, -0.25) is 13.8 Å². The van der Waals surface area contributed by atoms with Crippen molar-refractivity contribution in [1.82, 2.24) is 5.32 Å². The summed E-state index contributed by atoms with van der Waals surface area (Å²) in [7, 11) is 1.54. The molecule has 3 unspecified atom stereocenters. The fourth-order valence-corrected chi connectivity index (χ4v) is 9.35. The van der Waals surface area contributed by atoms with E-state index in [0.717, 1.165) is 57.8 Å². The summed E-state index contributed by atoms with van der Waals surface area (Å²) in [4.78, 5) is 23.3. The summed E-state index contributed by atoms with van der Waals surface area (Å²) >= 11 is 0. The van der Waals surface area contributed by atoms with Crippen LogP contribution >= 0.6 is 7.82 Å². The number of nitrogens with one attached hydrogen (secondary N) is 1. The van der Waals surface area contributed by atoms with Crippen molar-refractivity contribution in [2.45, 2.75) is 283 Å². The smallest absolute Gasteiger partial charge is 0.387 e. The van der Waals surface area contributed by atoms with E-state index >= 15 is 0 Å². The summed E-state index contributed by atoms with van der Waals surface area (Å²) in [5, 5.41) is 13.9. The summed E-state index contributed by atoms with van der Waals surface area (Å²) in [6.45, 7) is 4.79.